The number of amides is 1. The van der Waals surface area contributed by atoms with Crippen LogP contribution in [-0.2, 0) is 9.53 Å². The van der Waals surface area contributed by atoms with Crippen molar-refractivity contribution < 1.29 is 14.3 Å². The second kappa shape index (κ2) is 7.92. The minimum absolute atomic E-state index is 0.0367. The number of carbonyl (C=O) groups excluding carboxylic acids is 1. The quantitative estimate of drug-likeness (QED) is 0.762. The number of hydrogen-bond donors (Lipinski definition) is 0. The van der Waals surface area contributed by atoms with Gasteiger partial charge in [-0.3, -0.25) is 4.79 Å². The Hall–Kier alpha value is -2.33. The summed E-state index contributed by atoms with van der Waals surface area (Å²) < 4.78 is 11.6. The van der Waals surface area contributed by atoms with E-state index in [1.54, 1.807) is 0 Å². The molecule has 2 aromatic rings. The van der Waals surface area contributed by atoms with E-state index in [1.165, 1.54) is 18.4 Å². The topological polar surface area (TPSA) is 38.8 Å². The molecule has 136 valence electrons. The Morgan fingerprint density at radius 1 is 0.962 bits per heavy atom. The van der Waals surface area contributed by atoms with Gasteiger partial charge in [0.1, 0.15) is 5.75 Å². The van der Waals surface area contributed by atoms with Crippen molar-refractivity contribution in [2.45, 2.75) is 25.4 Å². The van der Waals surface area contributed by atoms with Crippen molar-refractivity contribution in [1.82, 2.24) is 4.90 Å². The Kier molecular flexibility index (Phi) is 5.21. The number of carbonyl (C=O) groups is 1. The first kappa shape index (κ1) is 17.1. The van der Waals surface area contributed by atoms with Crippen LogP contribution in [0, 0.1) is 5.92 Å². The van der Waals surface area contributed by atoms with E-state index in [0.29, 0.717) is 6.54 Å². The molecule has 4 rings (SSSR count). The molecule has 0 radical (unpaired) electrons. The molecule has 1 aliphatic carbocycles. The molecule has 1 amide bonds. The summed E-state index contributed by atoms with van der Waals surface area (Å²) in [6.45, 7) is 2.41. The van der Waals surface area contributed by atoms with Gasteiger partial charge in [-0.1, -0.05) is 42.5 Å². The second-order valence-corrected chi connectivity index (χ2v) is 7.21. The molecule has 4 nitrogen and oxygen atoms in total. The van der Waals surface area contributed by atoms with E-state index in [0.717, 1.165) is 36.8 Å². The summed E-state index contributed by atoms with van der Waals surface area (Å²) in [5, 5.41) is 0. The van der Waals surface area contributed by atoms with E-state index in [4.69, 9.17) is 9.47 Å². The van der Waals surface area contributed by atoms with Crippen molar-refractivity contribution in [1.29, 1.82) is 0 Å². The first-order valence-corrected chi connectivity index (χ1v) is 9.45. The summed E-state index contributed by atoms with van der Waals surface area (Å²) in [4.78, 5) is 14.2. The van der Waals surface area contributed by atoms with Gasteiger partial charge in [-0.2, -0.15) is 0 Å². The van der Waals surface area contributed by atoms with Crippen LogP contribution in [0.3, 0.4) is 0 Å². The Labute approximate surface area is 154 Å². The van der Waals surface area contributed by atoms with Gasteiger partial charge >= 0.3 is 0 Å². The molecule has 1 heterocycles. The van der Waals surface area contributed by atoms with Crippen LogP contribution >= 0.6 is 0 Å². The molecular weight excluding hydrogens is 326 g/mol. The average Bonchev–Trinajstić information content (AvgIpc) is 3.41. The lowest BCUT2D eigenvalue weighted by Crippen LogP contribution is -2.34. The van der Waals surface area contributed by atoms with E-state index in [-0.39, 0.29) is 18.6 Å². The molecule has 0 spiro atoms. The molecule has 1 saturated heterocycles. The average molecular weight is 351 g/mol. The van der Waals surface area contributed by atoms with Crippen LogP contribution in [0.2, 0.25) is 0 Å². The third kappa shape index (κ3) is 4.44. The second-order valence-electron chi connectivity index (χ2n) is 7.21. The number of likely N-dealkylation sites (tertiary alicyclic amines) is 1. The van der Waals surface area contributed by atoms with Crippen molar-refractivity contribution in [3.05, 3.63) is 54.6 Å². The minimum atomic E-state index is 0.0367. The van der Waals surface area contributed by atoms with Gasteiger partial charge in [0.05, 0.1) is 6.10 Å². The lowest BCUT2D eigenvalue weighted by molar-refractivity contribution is -0.132. The number of hydrogen-bond acceptors (Lipinski definition) is 3. The van der Waals surface area contributed by atoms with Crippen molar-refractivity contribution >= 4 is 5.91 Å². The first-order valence-electron chi connectivity index (χ1n) is 9.45. The highest BCUT2D eigenvalue weighted by atomic mass is 16.5. The van der Waals surface area contributed by atoms with Crippen LogP contribution in [0.5, 0.6) is 5.75 Å². The van der Waals surface area contributed by atoms with Gasteiger partial charge in [0.15, 0.2) is 6.61 Å². The van der Waals surface area contributed by atoms with Gasteiger partial charge in [0.2, 0.25) is 0 Å². The lowest BCUT2D eigenvalue weighted by atomic mass is 10.1. The molecule has 4 heteroatoms. The third-order valence-electron chi connectivity index (χ3n) is 5.09. The zero-order valence-corrected chi connectivity index (χ0v) is 15.0. The maximum absolute atomic E-state index is 12.3. The third-order valence-corrected chi connectivity index (χ3v) is 5.09. The summed E-state index contributed by atoms with van der Waals surface area (Å²) >= 11 is 0. The minimum Gasteiger partial charge on any atom is -0.484 e. The largest absolute Gasteiger partial charge is 0.484 e. The maximum Gasteiger partial charge on any atom is 0.260 e. The highest BCUT2D eigenvalue weighted by molar-refractivity contribution is 5.78. The number of benzene rings is 2. The fourth-order valence-electron chi connectivity index (χ4n) is 3.26. The smallest absolute Gasteiger partial charge is 0.260 e. The van der Waals surface area contributed by atoms with E-state index >= 15 is 0 Å². The summed E-state index contributed by atoms with van der Waals surface area (Å²) in [5.74, 6) is 1.52. The molecule has 1 unspecified atom stereocenters. The van der Waals surface area contributed by atoms with E-state index in [1.807, 2.05) is 47.4 Å². The number of ether oxygens (including phenoxy) is 2. The van der Waals surface area contributed by atoms with Gasteiger partial charge in [-0.25, -0.2) is 0 Å². The lowest BCUT2D eigenvalue weighted by Gasteiger charge is -2.17. The fourth-order valence-corrected chi connectivity index (χ4v) is 3.26. The molecule has 0 bridgehead atoms. The van der Waals surface area contributed by atoms with Gasteiger partial charge in [-0.15, -0.1) is 0 Å². The Bertz CT molecular complexity index is 725. The SMILES string of the molecule is O=C(COc1ccc(-c2ccccc2)cc1)N1CCC(OCC2CC2)C1. The maximum atomic E-state index is 12.3. The van der Waals surface area contributed by atoms with Crippen molar-refractivity contribution in [2.75, 3.05) is 26.3 Å². The van der Waals surface area contributed by atoms with Crippen LogP contribution < -0.4 is 4.74 Å². The molecule has 0 N–H and O–H groups in total. The molecule has 1 saturated carbocycles. The van der Waals surface area contributed by atoms with Crippen molar-refractivity contribution in [3.63, 3.8) is 0 Å². The summed E-state index contributed by atoms with van der Waals surface area (Å²) in [6.07, 6.45) is 3.73. The molecule has 1 atom stereocenters. The van der Waals surface area contributed by atoms with Gasteiger partial charge in [0, 0.05) is 19.7 Å². The predicted octanol–water partition coefficient (Wildman–Crippen LogP) is 3.76. The van der Waals surface area contributed by atoms with Gasteiger partial charge in [0.25, 0.3) is 5.91 Å². The molecule has 1 aliphatic heterocycles. The molecule has 2 fully saturated rings. The Balaban J connectivity index is 1.24. The van der Waals surface area contributed by atoms with Crippen LogP contribution in [0.4, 0.5) is 0 Å². The monoisotopic (exact) mass is 351 g/mol. The zero-order valence-electron chi connectivity index (χ0n) is 15.0. The van der Waals surface area contributed by atoms with Crippen LogP contribution in [-0.4, -0.2) is 43.2 Å². The fraction of sp³-hybridized carbons (Fsp3) is 0.409. The number of rotatable bonds is 7. The van der Waals surface area contributed by atoms with Gasteiger partial charge < -0.3 is 14.4 Å². The normalized spacial score (nSPS) is 19.5. The summed E-state index contributed by atoms with van der Waals surface area (Å²) in [5.41, 5.74) is 2.31. The molecule has 2 aliphatic rings. The first-order chi connectivity index (χ1) is 12.8. The van der Waals surface area contributed by atoms with E-state index in [9.17, 15) is 4.79 Å². The predicted molar refractivity (Wildman–Crippen MR) is 101 cm³/mol. The molecule has 0 aromatic heterocycles. The standard InChI is InChI=1S/C22H25NO3/c24-22(23-13-12-21(14-23)25-15-17-6-7-17)16-26-20-10-8-19(9-11-20)18-4-2-1-3-5-18/h1-5,8-11,17,21H,6-7,12-16H2. The van der Waals surface area contributed by atoms with Crippen molar-refractivity contribution in [2.24, 2.45) is 5.92 Å². The Morgan fingerprint density at radius 2 is 1.69 bits per heavy atom. The summed E-state index contributed by atoms with van der Waals surface area (Å²) in [7, 11) is 0. The van der Waals surface area contributed by atoms with Crippen LogP contribution in [0.1, 0.15) is 19.3 Å². The van der Waals surface area contributed by atoms with E-state index < -0.39 is 0 Å². The van der Waals surface area contributed by atoms with Crippen LogP contribution in [0.25, 0.3) is 11.1 Å². The highest BCUT2D eigenvalue weighted by Crippen LogP contribution is 2.30. The molecular formula is C22H25NO3. The number of nitrogens with zero attached hydrogens (tertiary/aromatic N) is 1. The zero-order chi connectivity index (χ0) is 17.8. The summed E-state index contributed by atoms with van der Waals surface area (Å²) in [6, 6.07) is 18.1. The van der Waals surface area contributed by atoms with Gasteiger partial charge in [-0.05, 0) is 48.4 Å². The van der Waals surface area contributed by atoms with E-state index in [2.05, 4.69) is 12.1 Å². The van der Waals surface area contributed by atoms with Crippen molar-refractivity contribution in [3.8, 4) is 16.9 Å². The Morgan fingerprint density at radius 3 is 2.42 bits per heavy atom. The highest BCUT2D eigenvalue weighted by Gasteiger charge is 2.29. The van der Waals surface area contributed by atoms with Crippen LogP contribution in [0.15, 0.2) is 54.6 Å². The molecule has 26 heavy (non-hydrogen) atoms. The molecule has 2 aromatic carbocycles.